The van der Waals surface area contributed by atoms with Crippen molar-refractivity contribution in [1.29, 1.82) is 0 Å². The lowest BCUT2D eigenvalue weighted by Gasteiger charge is -2.45. The first-order chi connectivity index (χ1) is 8.63. The summed E-state index contributed by atoms with van der Waals surface area (Å²) in [6.07, 6.45) is 3.63. The fraction of sp³-hybridized carbons (Fsp3) is 1.00. The molecule has 0 aromatic rings. The van der Waals surface area contributed by atoms with E-state index < -0.39 is 0 Å². The van der Waals surface area contributed by atoms with Gasteiger partial charge in [0, 0.05) is 44.9 Å². The van der Waals surface area contributed by atoms with Crippen molar-refractivity contribution >= 4 is 0 Å². The summed E-state index contributed by atoms with van der Waals surface area (Å²) in [6.45, 7) is 12.5. The molecule has 0 aromatic heterocycles. The summed E-state index contributed by atoms with van der Waals surface area (Å²) in [6, 6.07) is 1.98. The second-order valence-corrected chi connectivity index (χ2v) is 5.79. The van der Waals surface area contributed by atoms with Gasteiger partial charge in [-0.05, 0) is 25.7 Å². The van der Waals surface area contributed by atoms with Crippen molar-refractivity contribution in [3.8, 4) is 0 Å². The molecular formula is C15H32N2O. The number of methoxy groups -OCH3 is 1. The molecule has 1 aliphatic rings. The Bertz CT molecular complexity index is 223. The molecule has 4 atom stereocenters. The Hall–Kier alpha value is -0.120. The normalized spacial score (nSPS) is 29.2. The van der Waals surface area contributed by atoms with E-state index in [0.29, 0.717) is 18.1 Å². The standard InChI is InChI=1S/C15H32N2O/c1-6-12(3)15-11-17(13(4)8-9-18-5)14(7-2)10-16-15/h12-16H,6-11H2,1-5H3. The minimum absolute atomic E-state index is 0.628. The van der Waals surface area contributed by atoms with Crippen LogP contribution in [0.5, 0.6) is 0 Å². The first-order valence-corrected chi connectivity index (χ1v) is 7.62. The fourth-order valence-corrected chi connectivity index (χ4v) is 2.88. The van der Waals surface area contributed by atoms with E-state index in [4.69, 9.17) is 4.74 Å². The van der Waals surface area contributed by atoms with Gasteiger partial charge in [-0.25, -0.2) is 0 Å². The number of hydrogen-bond donors (Lipinski definition) is 1. The number of hydrogen-bond acceptors (Lipinski definition) is 3. The molecule has 108 valence electrons. The van der Waals surface area contributed by atoms with E-state index in [1.807, 2.05) is 0 Å². The van der Waals surface area contributed by atoms with Crippen LogP contribution in [0.2, 0.25) is 0 Å². The van der Waals surface area contributed by atoms with Gasteiger partial charge in [0.05, 0.1) is 0 Å². The summed E-state index contributed by atoms with van der Waals surface area (Å²) in [5, 5.41) is 3.74. The molecule has 1 fully saturated rings. The summed E-state index contributed by atoms with van der Waals surface area (Å²) in [5.41, 5.74) is 0. The number of rotatable bonds is 7. The van der Waals surface area contributed by atoms with Crippen LogP contribution in [-0.4, -0.2) is 49.8 Å². The third-order valence-electron chi connectivity index (χ3n) is 4.60. The smallest absolute Gasteiger partial charge is 0.0477 e. The van der Waals surface area contributed by atoms with Crippen molar-refractivity contribution in [1.82, 2.24) is 10.2 Å². The molecule has 0 saturated carbocycles. The number of nitrogens with zero attached hydrogens (tertiary/aromatic N) is 1. The lowest BCUT2D eigenvalue weighted by molar-refractivity contribution is 0.0544. The molecule has 1 aliphatic heterocycles. The summed E-state index contributed by atoms with van der Waals surface area (Å²) in [5.74, 6) is 0.764. The Morgan fingerprint density at radius 3 is 2.61 bits per heavy atom. The lowest BCUT2D eigenvalue weighted by Crippen LogP contribution is -2.60. The van der Waals surface area contributed by atoms with E-state index in [1.54, 1.807) is 7.11 Å². The Morgan fingerprint density at radius 1 is 1.33 bits per heavy atom. The van der Waals surface area contributed by atoms with E-state index in [2.05, 4.69) is 37.9 Å². The van der Waals surface area contributed by atoms with Crippen LogP contribution >= 0.6 is 0 Å². The summed E-state index contributed by atoms with van der Waals surface area (Å²) in [4.78, 5) is 2.70. The van der Waals surface area contributed by atoms with Crippen molar-refractivity contribution in [2.75, 3.05) is 26.8 Å². The van der Waals surface area contributed by atoms with Crippen molar-refractivity contribution in [2.24, 2.45) is 5.92 Å². The first kappa shape index (κ1) is 15.9. The number of piperazine rings is 1. The highest BCUT2D eigenvalue weighted by molar-refractivity contribution is 4.90. The van der Waals surface area contributed by atoms with Gasteiger partial charge in [-0.2, -0.15) is 0 Å². The quantitative estimate of drug-likeness (QED) is 0.757. The van der Waals surface area contributed by atoms with Crippen LogP contribution in [0.15, 0.2) is 0 Å². The predicted octanol–water partition coefficient (Wildman–Crippen LogP) is 2.51. The van der Waals surface area contributed by atoms with Gasteiger partial charge < -0.3 is 10.1 Å². The topological polar surface area (TPSA) is 24.5 Å². The zero-order valence-electron chi connectivity index (χ0n) is 12.9. The van der Waals surface area contributed by atoms with Crippen LogP contribution in [0.4, 0.5) is 0 Å². The van der Waals surface area contributed by atoms with E-state index in [1.165, 1.54) is 19.4 Å². The second kappa shape index (κ2) is 8.13. The average molecular weight is 256 g/mol. The maximum Gasteiger partial charge on any atom is 0.0477 e. The van der Waals surface area contributed by atoms with Crippen LogP contribution in [0.1, 0.15) is 47.0 Å². The second-order valence-electron chi connectivity index (χ2n) is 5.79. The summed E-state index contributed by atoms with van der Waals surface area (Å²) < 4.78 is 5.23. The maximum atomic E-state index is 5.23. The van der Waals surface area contributed by atoms with Gasteiger partial charge in [-0.3, -0.25) is 4.90 Å². The van der Waals surface area contributed by atoms with Gasteiger partial charge in [0.1, 0.15) is 0 Å². The Kier molecular flexibility index (Phi) is 7.20. The monoisotopic (exact) mass is 256 g/mol. The molecule has 18 heavy (non-hydrogen) atoms. The molecule has 0 bridgehead atoms. The Labute approximate surface area is 113 Å². The minimum atomic E-state index is 0.628. The predicted molar refractivity (Wildman–Crippen MR) is 78.0 cm³/mol. The highest BCUT2D eigenvalue weighted by Gasteiger charge is 2.31. The fourth-order valence-electron chi connectivity index (χ4n) is 2.88. The zero-order valence-corrected chi connectivity index (χ0v) is 12.9. The van der Waals surface area contributed by atoms with Crippen LogP contribution in [-0.2, 0) is 4.74 Å². The molecule has 3 heteroatoms. The number of ether oxygens (including phenoxy) is 1. The van der Waals surface area contributed by atoms with E-state index in [-0.39, 0.29) is 0 Å². The molecule has 0 aliphatic carbocycles. The van der Waals surface area contributed by atoms with Crippen LogP contribution in [0.3, 0.4) is 0 Å². The maximum absolute atomic E-state index is 5.23. The van der Waals surface area contributed by atoms with Gasteiger partial charge in [-0.1, -0.05) is 27.2 Å². The summed E-state index contributed by atoms with van der Waals surface area (Å²) in [7, 11) is 1.80. The van der Waals surface area contributed by atoms with Gasteiger partial charge in [0.2, 0.25) is 0 Å². The van der Waals surface area contributed by atoms with Crippen LogP contribution in [0.25, 0.3) is 0 Å². The van der Waals surface area contributed by atoms with E-state index in [0.717, 1.165) is 25.5 Å². The first-order valence-electron chi connectivity index (χ1n) is 7.62. The largest absolute Gasteiger partial charge is 0.385 e. The molecule has 0 spiro atoms. The highest BCUT2D eigenvalue weighted by Crippen LogP contribution is 2.20. The Morgan fingerprint density at radius 2 is 2.06 bits per heavy atom. The Balaban J connectivity index is 2.58. The summed E-state index contributed by atoms with van der Waals surface area (Å²) >= 11 is 0. The molecule has 0 radical (unpaired) electrons. The average Bonchev–Trinajstić information content (AvgIpc) is 2.43. The van der Waals surface area contributed by atoms with Crippen LogP contribution < -0.4 is 5.32 Å². The lowest BCUT2D eigenvalue weighted by atomic mass is 9.93. The van der Waals surface area contributed by atoms with Crippen molar-refractivity contribution in [3.05, 3.63) is 0 Å². The molecule has 3 nitrogen and oxygen atoms in total. The molecule has 0 aromatic carbocycles. The van der Waals surface area contributed by atoms with Gasteiger partial charge in [-0.15, -0.1) is 0 Å². The van der Waals surface area contributed by atoms with Gasteiger partial charge in [0.25, 0.3) is 0 Å². The van der Waals surface area contributed by atoms with Gasteiger partial charge >= 0.3 is 0 Å². The third kappa shape index (κ3) is 4.22. The van der Waals surface area contributed by atoms with Crippen molar-refractivity contribution in [3.63, 3.8) is 0 Å². The molecule has 1 N–H and O–H groups in total. The highest BCUT2D eigenvalue weighted by atomic mass is 16.5. The number of nitrogens with one attached hydrogen (secondary N) is 1. The molecule has 1 heterocycles. The zero-order chi connectivity index (χ0) is 13.5. The molecule has 4 unspecified atom stereocenters. The van der Waals surface area contributed by atoms with Crippen LogP contribution in [0, 0.1) is 5.92 Å². The molecule has 1 rings (SSSR count). The van der Waals surface area contributed by atoms with E-state index in [9.17, 15) is 0 Å². The van der Waals surface area contributed by atoms with Gasteiger partial charge in [0.15, 0.2) is 0 Å². The van der Waals surface area contributed by atoms with E-state index >= 15 is 0 Å². The SMILES string of the molecule is CCC(C)C1CN(C(C)CCOC)C(CC)CN1. The van der Waals surface area contributed by atoms with Crippen molar-refractivity contribution in [2.45, 2.75) is 65.1 Å². The molecular weight excluding hydrogens is 224 g/mol. The molecule has 0 amide bonds. The minimum Gasteiger partial charge on any atom is -0.385 e. The molecule has 1 saturated heterocycles. The van der Waals surface area contributed by atoms with Crippen molar-refractivity contribution < 1.29 is 4.74 Å². The third-order valence-corrected chi connectivity index (χ3v) is 4.60.